The van der Waals surface area contributed by atoms with Crippen LogP contribution >= 0.6 is 12.4 Å². The summed E-state index contributed by atoms with van der Waals surface area (Å²) >= 11 is 0. The van der Waals surface area contributed by atoms with Crippen LogP contribution in [-0.2, 0) is 6.54 Å². The predicted molar refractivity (Wildman–Crippen MR) is 75.8 cm³/mol. The van der Waals surface area contributed by atoms with Crippen LogP contribution in [0.2, 0.25) is 0 Å². The van der Waals surface area contributed by atoms with Crippen molar-refractivity contribution in [1.82, 2.24) is 10.1 Å². The Morgan fingerprint density at radius 3 is 2.39 bits per heavy atom. The van der Waals surface area contributed by atoms with Gasteiger partial charge in [-0.1, -0.05) is 49.3 Å². The van der Waals surface area contributed by atoms with Crippen LogP contribution in [0.15, 0.2) is 40.9 Å². The van der Waals surface area contributed by atoms with E-state index in [1.165, 1.54) is 0 Å². The maximum Gasteiger partial charge on any atom is 0.167 e. The summed E-state index contributed by atoms with van der Waals surface area (Å²) in [6, 6.07) is 12.1. The van der Waals surface area contributed by atoms with E-state index in [9.17, 15) is 0 Å². The summed E-state index contributed by atoms with van der Waals surface area (Å²) in [5.41, 5.74) is 2.07. The van der Waals surface area contributed by atoms with E-state index >= 15 is 0 Å². The van der Waals surface area contributed by atoms with E-state index in [1.54, 1.807) is 0 Å². The smallest absolute Gasteiger partial charge is 0.167 e. The highest BCUT2D eigenvalue weighted by Crippen LogP contribution is 2.20. The zero-order chi connectivity index (χ0) is 12.1. The molecule has 0 saturated carbocycles. The van der Waals surface area contributed by atoms with Gasteiger partial charge in [-0.05, 0) is 13.1 Å². The van der Waals surface area contributed by atoms with Crippen molar-refractivity contribution in [3.63, 3.8) is 0 Å². The van der Waals surface area contributed by atoms with Crippen LogP contribution in [0.5, 0.6) is 0 Å². The molecule has 0 amide bonds. The van der Waals surface area contributed by atoms with Crippen molar-refractivity contribution < 1.29 is 4.52 Å². The third-order valence-corrected chi connectivity index (χ3v) is 2.90. The van der Waals surface area contributed by atoms with Gasteiger partial charge in [0.25, 0.3) is 0 Å². The van der Waals surface area contributed by atoms with Crippen LogP contribution in [0.1, 0.15) is 19.5 Å². The largest absolute Gasteiger partial charge is 0.356 e. The van der Waals surface area contributed by atoms with Gasteiger partial charge in [-0.2, -0.15) is 0 Å². The summed E-state index contributed by atoms with van der Waals surface area (Å²) in [6.45, 7) is 7.22. The van der Waals surface area contributed by atoms with Gasteiger partial charge in [0.05, 0.1) is 5.69 Å². The lowest BCUT2D eigenvalue weighted by Crippen LogP contribution is -2.22. The first-order chi connectivity index (χ1) is 8.33. The van der Waals surface area contributed by atoms with Gasteiger partial charge in [-0.25, -0.2) is 0 Å². The van der Waals surface area contributed by atoms with Crippen LogP contribution < -0.4 is 0 Å². The van der Waals surface area contributed by atoms with Gasteiger partial charge in [-0.3, -0.25) is 4.90 Å². The quantitative estimate of drug-likeness (QED) is 0.828. The lowest BCUT2D eigenvalue weighted by molar-refractivity contribution is 0.284. The Morgan fingerprint density at radius 2 is 1.78 bits per heavy atom. The summed E-state index contributed by atoms with van der Waals surface area (Å²) in [6.07, 6.45) is 0. The molecule has 0 aliphatic heterocycles. The first-order valence-electron chi connectivity index (χ1n) is 6.06. The summed E-state index contributed by atoms with van der Waals surface area (Å²) < 4.78 is 5.36. The molecule has 0 aliphatic rings. The van der Waals surface area contributed by atoms with Crippen molar-refractivity contribution in [1.29, 1.82) is 0 Å². The molecular formula is C14H19ClN2O. The molecule has 98 valence electrons. The van der Waals surface area contributed by atoms with Gasteiger partial charge in [0, 0.05) is 18.2 Å². The molecule has 4 heteroatoms. The highest BCUT2D eigenvalue weighted by molar-refractivity contribution is 5.85. The highest BCUT2D eigenvalue weighted by Gasteiger charge is 2.08. The molecule has 0 atom stereocenters. The monoisotopic (exact) mass is 266 g/mol. The molecule has 0 radical (unpaired) electrons. The average molecular weight is 267 g/mol. The molecule has 1 aromatic carbocycles. The Hall–Kier alpha value is -1.32. The van der Waals surface area contributed by atoms with Crippen LogP contribution in [0, 0.1) is 0 Å². The maximum atomic E-state index is 5.36. The minimum Gasteiger partial charge on any atom is -0.356 e. The van der Waals surface area contributed by atoms with E-state index < -0.39 is 0 Å². The molecule has 2 aromatic rings. The second-order valence-corrected chi connectivity index (χ2v) is 4.01. The Labute approximate surface area is 114 Å². The van der Waals surface area contributed by atoms with E-state index in [1.807, 2.05) is 36.4 Å². The lowest BCUT2D eigenvalue weighted by Gasteiger charge is -2.15. The molecular weight excluding hydrogens is 248 g/mol. The number of aromatic nitrogens is 1. The number of rotatable bonds is 5. The molecule has 0 aliphatic carbocycles. The summed E-state index contributed by atoms with van der Waals surface area (Å²) in [4.78, 5) is 2.31. The third-order valence-electron chi connectivity index (χ3n) is 2.90. The number of nitrogens with zero attached hydrogens (tertiary/aromatic N) is 2. The molecule has 0 bridgehead atoms. The Morgan fingerprint density at radius 1 is 1.11 bits per heavy atom. The molecule has 0 spiro atoms. The van der Waals surface area contributed by atoms with Crippen molar-refractivity contribution in [2.45, 2.75) is 20.4 Å². The molecule has 2 rings (SSSR count). The van der Waals surface area contributed by atoms with E-state index in [4.69, 9.17) is 4.52 Å². The maximum absolute atomic E-state index is 5.36. The summed E-state index contributed by atoms with van der Waals surface area (Å²) in [7, 11) is 0. The van der Waals surface area contributed by atoms with E-state index in [-0.39, 0.29) is 12.4 Å². The number of hydrogen-bond donors (Lipinski definition) is 0. The first-order valence-corrected chi connectivity index (χ1v) is 6.06. The lowest BCUT2D eigenvalue weighted by atomic mass is 10.1. The fraction of sp³-hybridized carbons (Fsp3) is 0.357. The average Bonchev–Trinajstić information content (AvgIpc) is 2.85. The molecule has 18 heavy (non-hydrogen) atoms. The van der Waals surface area contributed by atoms with Gasteiger partial charge in [0.2, 0.25) is 0 Å². The van der Waals surface area contributed by atoms with Crippen molar-refractivity contribution in [3.8, 4) is 11.3 Å². The zero-order valence-electron chi connectivity index (χ0n) is 10.8. The van der Waals surface area contributed by atoms with E-state index in [0.717, 1.165) is 36.7 Å². The standard InChI is InChI=1S/C14H18N2O.ClH/c1-3-16(4-2)11-13-10-14(17-15-13)12-8-6-5-7-9-12;/h5-10H,3-4,11H2,1-2H3;1H. The van der Waals surface area contributed by atoms with Crippen LogP contribution in [0.3, 0.4) is 0 Å². The fourth-order valence-electron chi connectivity index (χ4n) is 1.80. The van der Waals surface area contributed by atoms with Crippen LogP contribution in [-0.4, -0.2) is 23.1 Å². The first kappa shape index (κ1) is 14.7. The second kappa shape index (κ2) is 7.19. The number of halogens is 1. The Balaban J connectivity index is 0.00000162. The van der Waals surface area contributed by atoms with E-state index in [0.29, 0.717) is 0 Å². The molecule has 0 N–H and O–H groups in total. The van der Waals surface area contributed by atoms with E-state index in [2.05, 4.69) is 23.9 Å². The topological polar surface area (TPSA) is 29.3 Å². The zero-order valence-corrected chi connectivity index (χ0v) is 11.6. The molecule has 1 heterocycles. The molecule has 0 unspecified atom stereocenters. The minimum absolute atomic E-state index is 0. The van der Waals surface area contributed by atoms with Crippen molar-refractivity contribution in [3.05, 3.63) is 42.1 Å². The van der Waals surface area contributed by atoms with Gasteiger partial charge in [0.15, 0.2) is 5.76 Å². The van der Waals surface area contributed by atoms with Gasteiger partial charge in [0.1, 0.15) is 0 Å². The van der Waals surface area contributed by atoms with Crippen LogP contribution in [0.4, 0.5) is 0 Å². The molecule has 0 fully saturated rings. The summed E-state index contributed by atoms with van der Waals surface area (Å²) in [5, 5.41) is 4.11. The Kier molecular flexibility index (Phi) is 5.89. The second-order valence-electron chi connectivity index (χ2n) is 4.01. The molecule has 3 nitrogen and oxygen atoms in total. The van der Waals surface area contributed by atoms with Gasteiger partial charge >= 0.3 is 0 Å². The third kappa shape index (κ3) is 3.59. The highest BCUT2D eigenvalue weighted by atomic mass is 35.5. The van der Waals surface area contributed by atoms with Crippen LogP contribution in [0.25, 0.3) is 11.3 Å². The minimum atomic E-state index is 0. The number of hydrogen-bond acceptors (Lipinski definition) is 3. The summed E-state index contributed by atoms with van der Waals surface area (Å²) in [5.74, 6) is 0.841. The SMILES string of the molecule is CCN(CC)Cc1cc(-c2ccccc2)on1.Cl. The van der Waals surface area contributed by atoms with Gasteiger partial charge in [-0.15, -0.1) is 12.4 Å². The molecule has 1 aromatic heterocycles. The fourth-order valence-corrected chi connectivity index (χ4v) is 1.80. The Bertz CT molecular complexity index is 452. The molecule has 0 saturated heterocycles. The number of benzene rings is 1. The predicted octanol–water partition coefficient (Wildman–Crippen LogP) is 3.61. The van der Waals surface area contributed by atoms with Crippen molar-refractivity contribution in [2.75, 3.05) is 13.1 Å². The van der Waals surface area contributed by atoms with Gasteiger partial charge < -0.3 is 4.52 Å². The van der Waals surface area contributed by atoms with Crippen molar-refractivity contribution in [2.24, 2.45) is 0 Å². The van der Waals surface area contributed by atoms with Crippen molar-refractivity contribution >= 4 is 12.4 Å². The normalized spacial score (nSPS) is 10.4.